The summed E-state index contributed by atoms with van der Waals surface area (Å²) in [4.78, 5) is 37.9. The largest absolute Gasteiger partial charge is 0.459 e. The average Bonchev–Trinajstić information content (AvgIpc) is 3.26. The molecule has 2 heterocycles. The van der Waals surface area contributed by atoms with Crippen molar-refractivity contribution in [2.45, 2.75) is 12.8 Å². The number of rotatable bonds is 4. The predicted molar refractivity (Wildman–Crippen MR) is 99.1 cm³/mol. The lowest BCUT2D eigenvalue weighted by Gasteiger charge is -2.30. The molecule has 1 saturated heterocycles. The number of carbonyl (C=O) groups is 3. The maximum Gasteiger partial charge on any atom is 0.305 e. The number of hydrazine groups is 1. The van der Waals surface area contributed by atoms with Crippen LogP contribution in [0.2, 0.25) is 0 Å². The van der Waals surface area contributed by atoms with E-state index in [1.165, 1.54) is 12.3 Å². The molecular weight excluding hydrogens is 346 g/mol. The van der Waals surface area contributed by atoms with E-state index < -0.39 is 5.91 Å². The van der Waals surface area contributed by atoms with E-state index in [0.717, 1.165) is 5.56 Å². The van der Waals surface area contributed by atoms with Crippen molar-refractivity contribution in [2.75, 3.05) is 13.1 Å². The molecule has 0 bridgehead atoms. The first-order valence-electron chi connectivity index (χ1n) is 8.79. The van der Waals surface area contributed by atoms with Gasteiger partial charge in [-0.3, -0.25) is 25.2 Å². The number of carbonyl (C=O) groups excluding carboxylic acids is 3. The van der Waals surface area contributed by atoms with Crippen LogP contribution in [0.1, 0.15) is 29.0 Å². The summed E-state index contributed by atoms with van der Waals surface area (Å²) in [6.07, 6.45) is 5.82. The number of nitrogens with one attached hydrogen (secondary N) is 2. The Morgan fingerprint density at radius 3 is 2.41 bits per heavy atom. The Morgan fingerprint density at radius 1 is 1.00 bits per heavy atom. The van der Waals surface area contributed by atoms with Crippen molar-refractivity contribution in [3.05, 3.63) is 66.1 Å². The SMILES string of the molecule is O=C(NNC(=O)C1CCN(C(=O)/C=C/c2ccccc2)CC1)c1ccco1. The van der Waals surface area contributed by atoms with Crippen LogP contribution in [0.25, 0.3) is 6.08 Å². The second-order valence-electron chi connectivity index (χ2n) is 6.26. The average molecular weight is 367 g/mol. The van der Waals surface area contributed by atoms with Gasteiger partial charge in [0, 0.05) is 25.1 Å². The van der Waals surface area contributed by atoms with Crippen LogP contribution in [0, 0.1) is 5.92 Å². The molecule has 27 heavy (non-hydrogen) atoms. The molecule has 3 amide bonds. The first kappa shape index (κ1) is 18.4. The molecule has 3 rings (SSSR count). The molecule has 1 aliphatic heterocycles. The number of piperidine rings is 1. The van der Waals surface area contributed by atoms with Gasteiger partial charge in [-0.25, -0.2) is 0 Å². The molecule has 1 aromatic carbocycles. The molecule has 1 fully saturated rings. The molecule has 7 nitrogen and oxygen atoms in total. The van der Waals surface area contributed by atoms with Gasteiger partial charge in [0.25, 0.3) is 0 Å². The molecule has 0 radical (unpaired) electrons. The summed E-state index contributed by atoms with van der Waals surface area (Å²) < 4.78 is 4.95. The molecule has 0 atom stereocenters. The molecule has 2 aromatic rings. The van der Waals surface area contributed by atoms with E-state index in [1.807, 2.05) is 30.3 Å². The number of amides is 3. The number of nitrogens with zero attached hydrogens (tertiary/aromatic N) is 1. The minimum atomic E-state index is -0.507. The van der Waals surface area contributed by atoms with Gasteiger partial charge in [0.1, 0.15) is 0 Å². The third kappa shape index (κ3) is 5.07. The van der Waals surface area contributed by atoms with Gasteiger partial charge >= 0.3 is 5.91 Å². The third-order valence-corrected chi connectivity index (χ3v) is 4.44. The van der Waals surface area contributed by atoms with Gasteiger partial charge in [0.15, 0.2) is 5.76 Å². The van der Waals surface area contributed by atoms with Crippen molar-refractivity contribution < 1.29 is 18.8 Å². The molecule has 7 heteroatoms. The summed E-state index contributed by atoms with van der Waals surface area (Å²) in [7, 11) is 0. The van der Waals surface area contributed by atoms with E-state index in [-0.39, 0.29) is 23.5 Å². The van der Waals surface area contributed by atoms with Gasteiger partial charge in [0.2, 0.25) is 11.8 Å². The standard InChI is InChI=1S/C20H21N3O4/c24-18(9-8-15-5-2-1-3-6-15)23-12-10-16(11-13-23)19(25)21-22-20(26)17-7-4-14-27-17/h1-9,14,16H,10-13H2,(H,21,25)(H,22,26)/b9-8+. The number of likely N-dealkylation sites (tertiary alicyclic amines) is 1. The van der Waals surface area contributed by atoms with Crippen molar-refractivity contribution in [1.82, 2.24) is 15.8 Å². The second kappa shape index (κ2) is 8.84. The zero-order chi connectivity index (χ0) is 19.1. The van der Waals surface area contributed by atoms with E-state index in [1.54, 1.807) is 23.1 Å². The van der Waals surface area contributed by atoms with Crippen molar-refractivity contribution >= 4 is 23.8 Å². The summed E-state index contributed by atoms with van der Waals surface area (Å²) in [6, 6.07) is 12.7. The van der Waals surface area contributed by atoms with Crippen LogP contribution in [0.4, 0.5) is 0 Å². The maximum atomic E-state index is 12.3. The highest BCUT2D eigenvalue weighted by atomic mass is 16.3. The number of hydrogen-bond acceptors (Lipinski definition) is 4. The minimum Gasteiger partial charge on any atom is -0.459 e. The molecule has 0 unspecified atom stereocenters. The first-order chi connectivity index (χ1) is 13.1. The maximum absolute atomic E-state index is 12.3. The minimum absolute atomic E-state index is 0.0659. The van der Waals surface area contributed by atoms with Gasteiger partial charge in [0.05, 0.1) is 6.26 Å². The molecule has 140 valence electrons. The lowest BCUT2D eigenvalue weighted by atomic mass is 9.96. The molecule has 0 aliphatic carbocycles. The number of hydrogen-bond donors (Lipinski definition) is 2. The highest BCUT2D eigenvalue weighted by Crippen LogP contribution is 2.17. The first-order valence-corrected chi connectivity index (χ1v) is 8.79. The topological polar surface area (TPSA) is 91.7 Å². The van der Waals surface area contributed by atoms with Crippen LogP contribution in [-0.4, -0.2) is 35.7 Å². The molecule has 1 aromatic heterocycles. The molecule has 2 N–H and O–H groups in total. The van der Waals surface area contributed by atoms with Gasteiger partial charge in [-0.05, 0) is 36.6 Å². The quantitative estimate of drug-likeness (QED) is 0.639. The Hall–Kier alpha value is -3.35. The van der Waals surface area contributed by atoms with Crippen LogP contribution in [0.5, 0.6) is 0 Å². The van der Waals surface area contributed by atoms with Crippen molar-refractivity contribution in [1.29, 1.82) is 0 Å². The lowest BCUT2D eigenvalue weighted by molar-refractivity contribution is -0.132. The molecule has 0 spiro atoms. The van der Waals surface area contributed by atoms with Crippen LogP contribution in [0.3, 0.4) is 0 Å². The Labute approximate surface area is 157 Å². The fourth-order valence-corrected chi connectivity index (χ4v) is 2.89. The normalized spacial score (nSPS) is 14.9. The Kier molecular flexibility index (Phi) is 6.04. The highest BCUT2D eigenvalue weighted by Gasteiger charge is 2.27. The Morgan fingerprint density at radius 2 is 1.74 bits per heavy atom. The second-order valence-corrected chi connectivity index (χ2v) is 6.26. The molecular formula is C20H21N3O4. The van der Waals surface area contributed by atoms with Crippen LogP contribution >= 0.6 is 0 Å². The summed E-state index contributed by atoms with van der Waals surface area (Å²) in [5, 5.41) is 0. The molecule has 1 aliphatic rings. The summed E-state index contributed by atoms with van der Waals surface area (Å²) in [5.74, 6) is -0.956. The zero-order valence-corrected chi connectivity index (χ0v) is 14.8. The van der Waals surface area contributed by atoms with E-state index >= 15 is 0 Å². The van der Waals surface area contributed by atoms with Gasteiger partial charge in [-0.2, -0.15) is 0 Å². The number of furan rings is 1. The lowest BCUT2D eigenvalue weighted by Crippen LogP contribution is -2.48. The van der Waals surface area contributed by atoms with Crippen molar-refractivity contribution in [2.24, 2.45) is 5.92 Å². The Balaban J connectivity index is 1.42. The van der Waals surface area contributed by atoms with Crippen LogP contribution < -0.4 is 10.9 Å². The van der Waals surface area contributed by atoms with Crippen molar-refractivity contribution in [3.63, 3.8) is 0 Å². The van der Waals surface area contributed by atoms with E-state index in [9.17, 15) is 14.4 Å². The predicted octanol–water partition coefficient (Wildman–Crippen LogP) is 1.99. The summed E-state index contributed by atoms with van der Waals surface area (Å²) >= 11 is 0. The smallest absolute Gasteiger partial charge is 0.305 e. The fourth-order valence-electron chi connectivity index (χ4n) is 2.89. The van der Waals surface area contributed by atoms with Crippen LogP contribution in [0.15, 0.2) is 59.2 Å². The molecule has 0 saturated carbocycles. The monoisotopic (exact) mass is 367 g/mol. The summed E-state index contributed by atoms with van der Waals surface area (Å²) in [6.45, 7) is 1.00. The number of benzene rings is 1. The highest BCUT2D eigenvalue weighted by molar-refractivity contribution is 5.93. The van der Waals surface area contributed by atoms with Crippen LogP contribution in [-0.2, 0) is 9.59 Å². The fraction of sp³-hybridized carbons (Fsp3) is 0.250. The summed E-state index contributed by atoms with van der Waals surface area (Å²) in [5.41, 5.74) is 5.71. The van der Waals surface area contributed by atoms with Gasteiger partial charge in [-0.1, -0.05) is 30.3 Å². The zero-order valence-electron chi connectivity index (χ0n) is 14.8. The third-order valence-electron chi connectivity index (χ3n) is 4.44. The van der Waals surface area contributed by atoms with E-state index in [2.05, 4.69) is 10.9 Å². The van der Waals surface area contributed by atoms with Gasteiger partial charge < -0.3 is 9.32 Å². The van der Waals surface area contributed by atoms with Gasteiger partial charge in [-0.15, -0.1) is 0 Å². The van der Waals surface area contributed by atoms with E-state index in [4.69, 9.17) is 4.42 Å². The van der Waals surface area contributed by atoms with Crippen molar-refractivity contribution in [3.8, 4) is 0 Å². The van der Waals surface area contributed by atoms with E-state index in [0.29, 0.717) is 25.9 Å². The Bertz CT molecular complexity index is 807.